The van der Waals surface area contributed by atoms with E-state index < -0.39 is 11.6 Å². The second-order valence-electron chi connectivity index (χ2n) is 4.02. The lowest BCUT2D eigenvalue weighted by molar-refractivity contribution is 0.590. The molecule has 19 heavy (non-hydrogen) atoms. The molecule has 0 spiro atoms. The van der Waals surface area contributed by atoms with E-state index in [2.05, 4.69) is 4.98 Å². The summed E-state index contributed by atoms with van der Waals surface area (Å²) in [5.74, 6) is -1.32. The summed E-state index contributed by atoms with van der Waals surface area (Å²) in [5, 5.41) is 0.576. The molecule has 1 N–H and O–H groups in total. The van der Waals surface area contributed by atoms with E-state index in [1.165, 1.54) is 6.07 Å². The summed E-state index contributed by atoms with van der Waals surface area (Å²) >= 11 is 11.0. The Kier molecular flexibility index (Phi) is 2.88. The van der Waals surface area contributed by atoms with E-state index in [0.29, 0.717) is 21.0 Å². The predicted octanol–water partition coefficient (Wildman–Crippen LogP) is 4.62. The van der Waals surface area contributed by atoms with Crippen LogP contribution in [0, 0.1) is 16.4 Å². The number of nitrogens with one attached hydrogen (secondary N) is 1. The number of aromatic amines is 1. The van der Waals surface area contributed by atoms with Crippen molar-refractivity contribution in [2.75, 3.05) is 0 Å². The molecule has 0 saturated heterocycles. The number of hydrogen-bond acceptors (Lipinski definition) is 1. The first kappa shape index (κ1) is 12.3. The van der Waals surface area contributed by atoms with Gasteiger partial charge in [0.2, 0.25) is 0 Å². The van der Waals surface area contributed by atoms with Crippen LogP contribution in [0.5, 0.6) is 0 Å². The second-order valence-corrected chi connectivity index (χ2v) is 4.85. The summed E-state index contributed by atoms with van der Waals surface area (Å²) in [6.45, 7) is 0. The van der Waals surface area contributed by atoms with E-state index in [1.807, 2.05) is 0 Å². The average Bonchev–Trinajstić information content (AvgIpc) is 2.67. The summed E-state index contributed by atoms with van der Waals surface area (Å²) in [4.78, 5) is 2.74. The third kappa shape index (κ3) is 2.05. The molecule has 6 heteroatoms. The number of H-pyrrole nitrogens is 1. The van der Waals surface area contributed by atoms with Gasteiger partial charge in [0.1, 0.15) is 11.3 Å². The van der Waals surface area contributed by atoms with Gasteiger partial charge in [-0.25, -0.2) is 8.78 Å². The molecular formula is C13H7ClF2N2S. The fourth-order valence-electron chi connectivity index (χ4n) is 1.98. The van der Waals surface area contributed by atoms with E-state index >= 15 is 0 Å². The van der Waals surface area contributed by atoms with Crippen LogP contribution in [0.4, 0.5) is 8.78 Å². The lowest BCUT2D eigenvalue weighted by atomic mass is 10.2. The highest BCUT2D eigenvalue weighted by Crippen LogP contribution is 2.23. The number of imidazole rings is 1. The molecule has 0 amide bonds. The summed E-state index contributed by atoms with van der Waals surface area (Å²) in [7, 11) is 0. The molecule has 0 radical (unpaired) electrons. The Morgan fingerprint density at radius 2 is 1.79 bits per heavy atom. The molecular weight excluding hydrogens is 290 g/mol. The second kappa shape index (κ2) is 4.43. The van der Waals surface area contributed by atoms with Gasteiger partial charge in [0.05, 0.1) is 5.52 Å². The van der Waals surface area contributed by atoms with Crippen molar-refractivity contribution in [3.8, 4) is 5.69 Å². The Bertz CT molecular complexity index is 821. The van der Waals surface area contributed by atoms with Crippen molar-refractivity contribution in [1.29, 1.82) is 0 Å². The molecule has 1 aromatic heterocycles. The minimum Gasteiger partial charge on any atom is -0.328 e. The number of hydrogen-bond donors (Lipinski definition) is 1. The monoisotopic (exact) mass is 296 g/mol. The van der Waals surface area contributed by atoms with Gasteiger partial charge in [0, 0.05) is 22.8 Å². The van der Waals surface area contributed by atoms with Crippen LogP contribution in [-0.4, -0.2) is 9.55 Å². The zero-order valence-corrected chi connectivity index (χ0v) is 11.0. The van der Waals surface area contributed by atoms with Crippen LogP contribution in [0.3, 0.4) is 0 Å². The molecule has 0 aliphatic heterocycles. The van der Waals surface area contributed by atoms with Crippen LogP contribution in [0.25, 0.3) is 16.7 Å². The van der Waals surface area contributed by atoms with Gasteiger partial charge in [-0.3, -0.25) is 4.57 Å². The first-order chi connectivity index (χ1) is 9.06. The Morgan fingerprint density at radius 1 is 1.11 bits per heavy atom. The van der Waals surface area contributed by atoms with E-state index in [4.69, 9.17) is 23.8 Å². The zero-order valence-electron chi connectivity index (χ0n) is 9.45. The third-order valence-electron chi connectivity index (χ3n) is 2.79. The summed E-state index contributed by atoms with van der Waals surface area (Å²) in [6.07, 6.45) is 0. The number of nitrogens with zero attached hydrogens (tertiary/aromatic N) is 1. The standard InChI is InChI=1S/C13H7ClF2N2S/c14-7-1-3-9(4-2-7)18-11-6-8(15)5-10(16)12(11)17-13(18)19/h1-6H,(H,17,19). The minimum atomic E-state index is -0.672. The molecule has 0 atom stereocenters. The maximum absolute atomic E-state index is 13.7. The number of halogens is 3. The topological polar surface area (TPSA) is 20.7 Å². The van der Waals surface area contributed by atoms with Gasteiger partial charge in [0.15, 0.2) is 10.6 Å². The highest BCUT2D eigenvalue weighted by molar-refractivity contribution is 7.71. The fourth-order valence-corrected chi connectivity index (χ4v) is 2.41. The van der Waals surface area contributed by atoms with Gasteiger partial charge in [-0.1, -0.05) is 11.6 Å². The SMILES string of the molecule is Fc1cc(F)c2[nH]c(=S)n(-c3ccc(Cl)cc3)c2c1. The molecule has 0 fully saturated rings. The Balaban J connectivity index is 2.38. The smallest absolute Gasteiger partial charge is 0.182 e. The zero-order chi connectivity index (χ0) is 13.6. The minimum absolute atomic E-state index is 0.182. The van der Waals surface area contributed by atoms with Crippen molar-refractivity contribution in [2.24, 2.45) is 0 Å². The van der Waals surface area contributed by atoms with Crippen molar-refractivity contribution in [3.05, 3.63) is 57.8 Å². The van der Waals surface area contributed by atoms with E-state index in [-0.39, 0.29) is 5.52 Å². The van der Waals surface area contributed by atoms with Gasteiger partial charge in [-0.05, 0) is 36.5 Å². The van der Waals surface area contributed by atoms with E-state index in [1.54, 1.807) is 28.8 Å². The molecule has 0 aliphatic carbocycles. The lowest BCUT2D eigenvalue weighted by Crippen LogP contribution is -1.94. The number of aromatic nitrogens is 2. The van der Waals surface area contributed by atoms with Crippen LogP contribution in [0.2, 0.25) is 5.02 Å². The van der Waals surface area contributed by atoms with E-state index in [9.17, 15) is 8.78 Å². The fraction of sp³-hybridized carbons (Fsp3) is 0. The Hall–Kier alpha value is -1.72. The van der Waals surface area contributed by atoms with Crippen molar-refractivity contribution in [1.82, 2.24) is 9.55 Å². The highest BCUT2D eigenvalue weighted by atomic mass is 35.5. The average molecular weight is 297 g/mol. The molecule has 3 rings (SSSR count). The maximum Gasteiger partial charge on any atom is 0.182 e. The molecule has 0 aliphatic rings. The summed E-state index contributed by atoms with van der Waals surface area (Å²) < 4.78 is 28.9. The summed E-state index contributed by atoms with van der Waals surface area (Å²) in [6, 6.07) is 8.89. The van der Waals surface area contributed by atoms with Gasteiger partial charge in [-0.15, -0.1) is 0 Å². The molecule has 3 aromatic rings. The maximum atomic E-state index is 13.7. The third-order valence-corrected chi connectivity index (χ3v) is 3.33. The van der Waals surface area contributed by atoms with Crippen molar-refractivity contribution < 1.29 is 8.78 Å². The van der Waals surface area contributed by atoms with Crippen LogP contribution in [0.1, 0.15) is 0 Å². The first-order valence-electron chi connectivity index (χ1n) is 5.42. The van der Waals surface area contributed by atoms with Gasteiger partial charge >= 0.3 is 0 Å². The van der Waals surface area contributed by atoms with Crippen LogP contribution in [-0.2, 0) is 0 Å². The van der Waals surface area contributed by atoms with Crippen molar-refractivity contribution in [3.63, 3.8) is 0 Å². The molecule has 0 unspecified atom stereocenters. The Labute approximate surface area is 117 Å². The van der Waals surface area contributed by atoms with Crippen LogP contribution < -0.4 is 0 Å². The molecule has 0 bridgehead atoms. The molecule has 2 nitrogen and oxygen atoms in total. The molecule has 1 heterocycles. The van der Waals surface area contributed by atoms with Crippen LogP contribution >= 0.6 is 23.8 Å². The Morgan fingerprint density at radius 3 is 2.47 bits per heavy atom. The lowest BCUT2D eigenvalue weighted by Gasteiger charge is -2.04. The first-order valence-corrected chi connectivity index (χ1v) is 6.20. The molecule has 0 saturated carbocycles. The van der Waals surface area contributed by atoms with Crippen LogP contribution in [0.15, 0.2) is 36.4 Å². The molecule has 96 valence electrons. The van der Waals surface area contributed by atoms with Crippen molar-refractivity contribution in [2.45, 2.75) is 0 Å². The summed E-state index contributed by atoms with van der Waals surface area (Å²) in [5.41, 5.74) is 1.22. The predicted molar refractivity (Wildman–Crippen MR) is 73.4 cm³/mol. The number of fused-ring (bicyclic) bond motifs is 1. The number of benzene rings is 2. The van der Waals surface area contributed by atoms with Gasteiger partial charge in [0.25, 0.3) is 0 Å². The quantitative estimate of drug-likeness (QED) is 0.650. The molecule has 2 aromatic carbocycles. The number of rotatable bonds is 1. The van der Waals surface area contributed by atoms with Gasteiger partial charge in [-0.2, -0.15) is 0 Å². The van der Waals surface area contributed by atoms with E-state index in [0.717, 1.165) is 6.07 Å². The van der Waals surface area contributed by atoms with Gasteiger partial charge < -0.3 is 4.98 Å². The largest absolute Gasteiger partial charge is 0.328 e. The normalized spacial score (nSPS) is 11.1. The highest BCUT2D eigenvalue weighted by Gasteiger charge is 2.12. The van der Waals surface area contributed by atoms with Crippen molar-refractivity contribution >= 4 is 34.9 Å².